The summed E-state index contributed by atoms with van der Waals surface area (Å²) in [6, 6.07) is -0.107. The van der Waals surface area contributed by atoms with E-state index in [4.69, 9.17) is 0 Å². The van der Waals surface area contributed by atoms with Crippen molar-refractivity contribution in [3.05, 3.63) is 12.4 Å². The number of hydrogen-bond donors (Lipinski definition) is 1. The van der Waals surface area contributed by atoms with E-state index in [1.807, 2.05) is 6.92 Å². The Bertz CT molecular complexity index is 394. The number of aryl methyl sites for hydroxylation is 1. The minimum Gasteiger partial charge on any atom is -0.272 e. The van der Waals surface area contributed by atoms with E-state index in [9.17, 15) is 8.42 Å². The van der Waals surface area contributed by atoms with Gasteiger partial charge in [0.2, 0.25) is 10.0 Å². The number of nitrogens with one attached hydrogen (secondary N) is 1. The molecule has 0 spiro atoms. The van der Waals surface area contributed by atoms with Crippen molar-refractivity contribution in [3.63, 3.8) is 0 Å². The average molecular weight is 217 g/mol. The van der Waals surface area contributed by atoms with Crippen molar-refractivity contribution in [2.75, 3.05) is 0 Å². The van der Waals surface area contributed by atoms with Gasteiger partial charge >= 0.3 is 0 Å². The first-order valence-electron chi connectivity index (χ1n) is 4.50. The highest BCUT2D eigenvalue weighted by molar-refractivity contribution is 7.89. The molecule has 80 valence electrons. The molecule has 0 amide bonds. The summed E-state index contributed by atoms with van der Waals surface area (Å²) in [5, 5.41) is 3.91. The molecular formula is C8H15N3O2S. The third kappa shape index (κ3) is 2.55. The molecule has 0 radical (unpaired) electrons. The molecule has 0 saturated heterocycles. The highest BCUT2D eigenvalue weighted by Crippen LogP contribution is 2.07. The maximum Gasteiger partial charge on any atom is 0.243 e. The Labute approximate surface area is 84.2 Å². The predicted octanol–water partition coefficient (Wildman–Crippen LogP) is 0.590. The Morgan fingerprint density at radius 2 is 2.21 bits per heavy atom. The van der Waals surface area contributed by atoms with Crippen molar-refractivity contribution in [1.82, 2.24) is 14.5 Å². The van der Waals surface area contributed by atoms with Gasteiger partial charge in [0.1, 0.15) is 4.90 Å². The molecule has 0 unspecified atom stereocenters. The molecule has 0 bridgehead atoms. The lowest BCUT2D eigenvalue weighted by molar-refractivity contribution is 0.569. The molecule has 1 rings (SSSR count). The fourth-order valence-corrected chi connectivity index (χ4v) is 2.24. The minimum absolute atomic E-state index is 0.107. The summed E-state index contributed by atoms with van der Waals surface area (Å²) in [6.45, 7) is 6.13. The van der Waals surface area contributed by atoms with Crippen LogP contribution in [0.3, 0.4) is 0 Å². The Hall–Kier alpha value is -0.880. The standard InChI is InChI=1S/C8H15N3O2S/c1-4-11-6-8(5-9-11)14(12,13)10-7(2)3/h5-7,10H,4H2,1-3H3. The van der Waals surface area contributed by atoms with Gasteiger partial charge in [-0.2, -0.15) is 5.10 Å². The second kappa shape index (κ2) is 4.10. The van der Waals surface area contributed by atoms with E-state index in [1.54, 1.807) is 18.5 Å². The molecule has 0 aliphatic rings. The van der Waals surface area contributed by atoms with Crippen LogP contribution in [0.1, 0.15) is 20.8 Å². The Kier molecular flexibility index (Phi) is 3.28. The molecule has 6 heteroatoms. The van der Waals surface area contributed by atoms with E-state index in [0.717, 1.165) is 0 Å². The van der Waals surface area contributed by atoms with Gasteiger partial charge in [-0.05, 0) is 20.8 Å². The van der Waals surface area contributed by atoms with Crippen LogP contribution in [0.15, 0.2) is 17.3 Å². The molecule has 1 N–H and O–H groups in total. The third-order valence-electron chi connectivity index (χ3n) is 1.63. The molecule has 1 heterocycles. The lowest BCUT2D eigenvalue weighted by Gasteiger charge is -2.06. The van der Waals surface area contributed by atoms with Gasteiger partial charge in [-0.25, -0.2) is 13.1 Å². The van der Waals surface area contributed by atoms with Gasteiger partial charge in [0.25, 0.3) is 0 Å². The Balaban J connectivity index is 2.93. The molecule has 0 aliphatic heterocycles. The quantitative estimate of drug-likeness (QED) is 0.802. The van der Waals surface area contributed by atoms with Gasteiger partial charge < -0.3 is 0 Å². The summed E-state index contributed by atoms with van der Waals surface area (Å²) in [6.07, 6.45) is 2.87. The summed E-state index contributed by atoms with van der Waals surface area (Å²) < 4.78 is 27.3. The maximum absolute atomic E-state index is 11.6. The van der Waals surface area contributed by atoms with Crippen LogP contribution in [0.2, 0.25) is 0 Å². The van der Waals surface area contributed by atoms with Crippen LogP contribution in [0, 0.1) is 0 Å². The van der Waals surface area contributed by atoms with Crippen LogP contribution in [0.4, 0.5) is 0 Å². The molecular weight excluding hydrogens is 202 g/mol. The molecule has 0 fully saturated rings. The SMILES string of the molecule is CCn1cc(S(=O)(=O)NC(C)C)cn1. The lowest BCUT2D eigenvalue weighted by Crippen LogP contribution is -2.29. The van der Waals surface area contributed by atoms with Crippen molar-refractivity contribution in [2.24, 2.45) is 0 Å². The fourth-order valence-electron chi connectivity index (χ4n) is 1.03. The zero-order valence-electron chi connectivity index (χ0n) is 8.56. The van der Waals surface area contributed by atoms with Crippen LogP contribution in [0.5, 0.6) is 0 Å². The van der Waals surface area contributed by atoms with Gasteiger partial charge in [-0.15, -0.1) is 0 Å². The Morgan fingerprint density at radius 1 is 1.57 bits per heavy atom. The minimum atomic E-state index is -3.38. The molecule has 5 nitrogen and oxygen atoms in total. The van der Waals surface area contributed by atoms with E-state index in [2.05, 4.69) is 9.82 Å². The Morgan fingerprint density at radius 3 is 2.64 bits per heavy atom. The number of sulfonamides is 1. The third-order valence-corrected chi connectivity index (χ3v) is 3.25. The van der Waals surface area contributed by atoms with Crippen LogP contribution in [0.25, 0.3) is 0 Å². The monoisotopic (exact) mass is 217 g/mol. The molecule has 0 aliphatic carbocycles. The molecule has 1 aromatic rings. The number of nitrogens with zero attached hydrogens (tertiary/aromatic N) is 2. The molecule has 1 aromatic heterocycles. The first-order chi connectivity index (χ1) is 6.45. The second-order valence-corrected chi connectivity index (χ2v) is 5.02. The van der Waals surface area contributed by atoms with Crippen LogP contribution in [-0.2, 0) is 16.6 Å². The van der Waals surface area contributed by atoms with Crippen LogP contribution in [-0.4, -0.2) is 24.2 Å². The van der Waals surface area contributed by atoms with Gasteiger partial charge in [0.05, 0.1) is 6.20 Å². The normalized spacial score (nSPS) is 12.3. The van der Waals surface area contributed by atoms with Crippen molar-refractivity contribution >= 4 is 10.0 Å². The number of aromatic nitrogens is 2. The zero-order valence-corrected chi connectivity index (χ0v) is 9.37. The maximum atomic E-state index is 11.6. The average Bonchev–Trinajstić information content (AvgIpc) is 2.49. The molecule has 0 atom stereocenters. The van der Waals surface area contributed by atoms with Crippen molar-refractivity contribution in [2.45, 2.75) is 38.3 Å². The number of hydrogen-bond acceptors (Lipinski definition) is 3. The summed E-state index contributed by atoms with van der Waals surface area (Å²) in [4.78, 5) is 0.216. The zero-order chi connectivity index (χ0) is 10.8. The molecule has 14 heavy (non-hydrogen) atoms. The van der Waals surface area contributed by atoms with E-state index >= 15 is 0 Å². The lowest BCUT2D eigenvalue weighted by atomic mass is 10.4. The van der Waals surface area contributed by atoms with E-state index in [0.29, 0.717) is 6.54 Å². The number of rotatable bonds is 4. The van der Waals surface area contributed by atoms with E-state index in [1.165, 1.54) is 12.4 Å². The van der Waals surface area contributed by atoms with Gasteiger partial charge in [0, 0.05) is 18.8 Å². The van der Waals surface area contributed by atoms with Crippen molar-refractivity contribution in [3.8, 4) is 0 Å². The fraction of sp³-hybridized carbons (Fsp3) is 0.625. The topological polar surface area (TPSA) is 64.0 Å². The van der Waals surface area contributed by atoms with E-state index < -0.39 is 10.0 Å². The van der Waals surface area contributed by atoms with Gasteiger partial charge in [-0.1, -0.05) is 0 Å². The summed E-state index contributed by atoms with van der Waals surface area (Å²) in [7, 11) is -3.38. The van der Waals surface area contributed by atoms with Crippen LogP contribution >= 0.6 is 0 Å². The largest absolute Gasteiger partial charge is 0.272 e. The summed E-state index contributed by atoms with van der Waals surface area (Å²) >= 11 is 0. The smallest absolute Gasteiger partial charge is 0.243 e. The van der Waals surface area contributed by atoms with Gasteiger partial charge in [0.15, 0.2) is 0 Å². The first kappa shape index (κ1) is 11.2. The predicted molar refractivity (Wildman–Crippen MR) is 53.4 cm³/mol. The molecule has 0 aromatic carbocycles. The van der Waals surface area contributed by atoms with Crippen molar-refractivity contribution < 1.29 is 8.42 Å². The highest BCUT2D eigenvalue weighted by atomic mass is 32.2. The first-order valence-corrected chi connectivity index (χ1v) is 5.99. The van der Waals surface area contributed by atoms with E-state index in [-0.39, 0.29) is 10.9 Å². The van der Waals surface area contributed by atoms with Crippen LogP contribution < -0.4 is 4.72 Å². The van der Waals surface area contributed by atoms with Gasteiger partial charge in [-0.3, -0.25) is 4.68 Å². The molecule has 0 saturated carbocycles. The summed E-state index contributed by atoms with van der Waals surface area (Å²) in [5.74, 6) is 0. The van der Waals surface area contributed by atoms with Crippen molar-refractivity contribution in [1.29, 1.82) is 0 Å². The highest BCUT2D eigenvalue weighted by Gasteiger charge is 2.16. The summed E-state index contributed by atoms with van der Waals surface area (Å²) in [5.41, 5.74) is 0. The second-order valence-electron chi connectivity index (χ2n) is 3.31.